The van der Waals surface area contributed by atoms with Crippen molar-refractivity contribution in [1.82, 2.24) is 4.98 Å². The molecule has 1 N–H and O–H groups in total. The summed E-state index contributed by atoms with van der Waals surface area (Å²) in [5.74, 6) is -1.45. The van der Waals surface area contributed by atoms with Gasteiger partial charge < -0.3 is 9.84 Å². The molecule has 0 bridgehead atoms. The number of aliphatic carboxylic acids is 1. The molecule has 22 heavy (non-hydrogen) atoms. The van der Waals surface area contributed by atoms with E-state index in [4.69, 9.17) is 16.7 Å². The molecular weight excluding hydrogens is 323 g/mol. The van der Waals surface area contributed by atoms with E-state index in [1.165, 1.54) is 18.2 Å². The Morgan fingerprint density at radius 2 is 1.82 bits per heavy atom. The molecule has 0 unspecified atom stereocenters. The largest absolute Gasteiger partial charge is 0.573 e. The number of ether oxygens (including phenoxy) is 1. The zero-order valence-corrected chi connectivity index (χ0v) is 11.6. The summed E-state index contributed by atoms with van der Waals surface area (Å²) >= 11 is 5.74. The molecule has 0 aliphatic rings. The van der Waals surface area contributed by atoms with E-state index in [1.54, 1.807) is 6.07 Å². The van der Waals surface area contributed by atoms with Crippen LogP contribution in [0.5, 0.6) is 5.75 Å². The highest BCUT2D eigenvalue weighted by Crippen LogP contribution is 2.28. The van der Waals surface area contributed by atoms with E-state index in [1.807, 2.05) is 0 Å². The lowest BCUT2D eigenvalue weighted by atomic mass is 10.0. The van der Waals surface area contributed by atoms with E-state index < -0.39 is 12.3 Å². The topological polar surface area (TPSA) is 59.4 Å². The molecule has 0 aliphatic carbocycles. The standard InChI is InChI=1S/C14H9ClF3NO3/c15-12-6-5-10(11(19-12)7-13(20)21)8-1-3-9(4-2-8)22-14(16,17)18/h1-6H,7H2,(H,20,21). The Labute approximate surface area is 128 Å². The maximum atomic E-state index is 12.1. The molecule has 0 fully saturated rings. The van der Waals surface area contributed by atoms with Gasteiger partial charge in [0.15, 0.2) is 0 Å². The Balaban J connectivity index is 2.33. The minimum Gasteiger partial charge on any atom is -0.481 e. The van der Waals surface area contributed by atoms with Crippen LogP contribution in [0.4, 0.5) is 13.2 Å². The molecule has 0 aliphatic heterocycles. The second-order valence-corrected chi connectivity index (χ2v) is 4.66. The lowest BCUT2D eigenvalue weighted by Gasteiger charge is -2.11. The SMILES string of the molecule is O=C(O)Cc1nc(Cl)ccc1-c1ccc(OC(F)(F)F)cc1. The normalized spacial score (nSPS) is 11.3. The quantitative estimate of drug-likeness (QED) is 0.862. The zero-order chi connectivity index (χ0) is 16.3. The van der Waals surface area contributed by atoms with Gasteiger partial charge in [0.25, 0.3) is 0 Å². The minimum atomic E-state index is -4.77. The van der Waals surface area contributed by atoms with Gasteiger partial charge in [-0.25, -0.2) is 4.98 Å². The van der Waals surface area contributed by atoms with E-state index in [2.05, 4.69) is 9.72 Å². The number of carboxylic acid groups (broad SMARTS) is 1. The van der Waals surface area contributed by atoms with Gasteiger partial charge in [-0.2, -0.15) is 0 Å². The molecule has 0 saturated heterocycles. The second kappa shape index (κ2) is 6.23. The van der Waals surface area contributed by atoms with Crippen LogP contribution >= 0.6 is 11.6 Å². The van der Waals surface area contributed by atoms with E-state index in [-0.39, 0.29) is 23.0 Å². The summed E-state index contributed by atoms with van der Waals surface area (Å²) in [5.41, 5.74) is 1.21. The number of rotatable bonds is 4. The lowest BCUT2D eigenvalue weighted by Crippen LogP contribution is -2.16. The van der Waals surface area contributed by atoms with Crippen LogP contribution in [0.15, 0.2) is 36.4 Å². The second-order valence-electron chi connectivity index (χ2n) is 4.27. The summed E-state index contributed by atoms with van der Waals surface area (Å²) in [7, 11) is 0. The molecule has 4 nitrogen and oxygen atoms in total. The Morgan fingerprint density at radius 1 is 1.18 bits per heavy atom. The maximum Gasteiger partial charge on any atom is 0.573 e. The summed E-state index contributed by atoms with van der Waals surface area (Å²) in [6, 6.07) is 8.09. The first kappa shape index (κ1) is 16.1. The van der Waals surface area contributed by atoms with Gasteiger partial charge in [-0.3, -0.25) is 4.79 Å². The predicted octanol–water partition coefficient (Wildman–Crippen LogP) is 3.93. The summed E-state index contributed by atoms with van der Waals surface area (Å²) in [6.07, 6.45) is -5.12. The van der Waals surface area contributed by atoms with Crippen LogP contribution in [0.2, 0.25) is 5.15 Å². The Kier molecular flexibility index (Phi) is 4.56. The molecule has 0 radical (unpaired) electrons. The molecule has 2 rings (SSSR count). The molecule has 0 spiro atoms. The van der Waals surface area contributed by atoms with Gasteiger partial charge in [0, 0.05) is 5.56 Å². The van der Waals surface area contributed by atoms with Crippen molar-refractivity contribution in [2.75, 3.05) is 0 Å². The number of pyridine rings is 1. The van der Waals surface area contributed by atoms with Gasteiger partial charge >= 0.3 is 12.3 Å². The molecule has 116 valence electrons. The third-order valence-corrected chi connectivity index (χ3v) is 2.87. The monoisotopic (exact) mass is 331 g/mol. The Bertz CT molecular complexity index is 687. The molecule has 0 atom stereocenters. The summed E-state index contributed by atoms with van der Waals surface area (Å²) < 4.78 is 40.1. The van der Waals surface area contributed by atoms with Gasteiger partial charge in [0.1, 0.15) is 10.9 Å². The fourth-order valence-corrected chi connectivity index (χ4v) is 2.02. The van der Waals surface area contributed by atoms with E-state index in [9.17, 15) is 18.0 Å². The molecule has 1 aromatic carbocycles. The van der Waals surface area contributed by atoms with Gasteiger partial charge in [-0.1, -0.05) is 23.7 Å². The smallest absolute Gasteiger partial charge is 0.481 e. The highest BCUT2D eigenvalue weighted by atomic mass is 35.5. The molecular formula is C14H9ClF3NO3. The van der Waals surface area contributed by atoms with Crippen molar-refractivity contribution < 1.29 is 27.8 Å². The Morgan fingerprint density at radius 3 is 2.36 bits per heavy atom. The van der Waals surface area contributed by atoms with Gasteiger partial charge in [-0.05, 0) is 29.8 Å². The average molecular weight is 332 g/mol. The number of hydrogen-bond acceptors (Lipinski definition) is 3. The van der Waals surface area contributed by atoms with Crippen LogP contribution in [0.3, 0.4) is 0 Å². The lowest BCUT2D eigenvalue weighted by molar-refractivity contribution is -0.274. The highest BCUT2D eigenvalue weighted by molar-refractivity contribution is 6.29. The van der Waals surface area contributed by atoms with Crippen molar-refractivity contribution in [1.29, 1.82) is 0 Å². The van der Waals surface area contributed by atoms with Crippen LogP contribution in [-0.4, -0.2) is 22.4 Å². The van der Waals surface area contributed by atoms with E-state index in [0.29, 0.717) is 11.1 Å². The maximum absolute atomic E-state index is 12.1. The fourth-order valence-electron chi connectivity index (χ4n) is 1.85. The summed E-state index contributed by atoms with van der Waals surface area (Å²) in [5, 5.41) is 9.01. The van der Waals surface area contributed by atoms with Crippen LogP contribution in [0.1, 0.15) is 5.69 Å². The van der Waals surface area contributed by atoms with E-state index in [0.717, 1.165) is 12.1 Å². The number of aromatic nitrogens is 1. The van der Waals surface area contributed by atoms with Crippen molar-refractivity contribution >= 4 is 17.6 Å². The number of hydrogen-bond donors (Lipinski definition) is 1. The first-order chi connectivity index (χ1) is 10.2. The van der Waals surface area contributed by atoms with Crippen molar-refractivity contribution in [3.8, 4) is 16.9 Å². The molecule has 8 heteroatoms. The van der Waals surface area contributed by atoms with Crippen LogP contribution in [0.25, 0.3) is 11.1 Å². The zero-order valence-electron chi connectivity index (χ0n) is 10.9. The summed E-state index contributed by atoms with van der Waals surface area (Å²) in [4.78, 5) is 14.8. The number of nitrogens with zero attached hydrogens (tertiary/aromatic N) is 1. The molecule has 1 aromatic heterocycles. The average Bonchev–Trinajstić information content (AvgIpc) is 2.37. The van der Waals surface area contributed by atoms with Crippen LogP contribution < -0.4 is 4.74 Å². The predicted molar refractivity (Wildman–Crippen MR) is 72.7 cm³/mol. The number of alkyl halides is 3. The van der Waals surface area contributed by atoms with Crippen molar-refractivity contribution in [2.24, 2.45) is 0 Å². The molecule has 1 heterocycles. The first-order valence-corrected chi connectivity index (χ1v) is 6.36. The minimum absolute atomic E-state index is 0.136. The van der Waals surface area contributed by atoms with E-state index >= 15 is 0 Å². The molecule has 0 amide bonds. The third kappa shape index (κ3) is 4.36. The van der Waals surface area contributed by atoms with Crippen molar-refractivity contribution in [2.45, 2.75) is 12.8 Å². The molecule has 2 aromatic rings. The summed E-state index contributed by atoms with van der Waals surface area (Å²) in [6.45, 7) is 0. The Hall–Kier alpha value is -2.28. The van der Waals surface area contributed by atoms with Crippen molar-refractivity contribution in [3.05, 3.63) is 47.2 Å². The number of benzene rings is 1. The number of halogens is 4. The first-order valence-electron chi connectivity index (χ1n) is 5.98. The van der Waals surface area contributed by atoms with Crippen molar-refractivity contribution in [3.63, 3.8) is 0 Å². The number of carbonyl (C=O) groups is 1. The fraction of sp³-hybridized carbons (Fsp3) is 0.143. The van der Waals surface area contributed by atoms with Gasteiger partial charge in [0.2, 0.25) is 0 Å². The van der Waals surface area contributed by atoms with Crippen LogP contribution in [0, 0.1) is 0 Å². The van der Waals surface area contributed by atoms with Gasteiger partial charge in [0.05, 0.1) is 12.1 Å². The van der Waals surface area contributed by atoms with Crippen LogP contribution in [-0.2, 0) is 11.2 Å². The highest BCUT2D eigenvalue weighted by Gasteiger charge is 2.31. The number of carboxylic acids is 1. The van der Waals surface area contributed by atoms with Gasteiger partial charge in [-0.15, -0.1) is 13.2 Å². The molecule has 0 saturated carbocycles. The third-order valence-electron chi connectivity index (χ3n) is 2.66.